The zero-order valence-electron chi connectivity index (χ0n) is 16.1. The van der Waals surface area contributed by atoms with E-state index >= 15 is 0 Å². The number of aromatic hydroxyl groups is 1. The number of rotatable bonds is 6. The highest BCUT2D eigenvalue weighted by Crippen LogP contribution is 2.30. The van der Waals surface area contributed by atoms with Gasteiger partial charge in [-0.15, -0.1) is 10.2 Å². The maximum absolute atomic E-state index is 13.9. The van der Waals surface area contributed by atoms with Gasteiger partial charge in [-0.3, -0.25) is 0 Å². The lowest BCUT2D eigenvalue weighted by atomic mass is 10.1. The highest BCUT2D eigenvalue weighted by molar-refractivity contribution is 7.98. The third-order valence-corrected chi connectivity index (χ3v) is 5.80. The maximum atomic E-state index is 13.9. The lowest BCUT2D eigenvalue weighted by Gasteiger charge is -2.08. The van der Waals surface area contributed by atoms with Gasteiger partial charge in [-0.2, -0.15) is 0 Å². The van der Waals surface area contributed by atoms with Crippen LogP contribution in [0.25, 0.3) is 11.0 Å². The summed E-state index contributed by atoms with van der Waals surface area (Å²) in [5, 5.41) is 19.4. The van der Waals surface area contributed by atoms with Crippen molar-refractivity contribution < 1.29 is 13.9 Å². The first kappa shape index (κ1) is 20.0. The number of nitrogens with zero attached hydrogens (tertiary/aromatic N) is 3. The van der Waals surface area contributed by atoms with Crippen LogP contribution >= 0.6 is 11.8 Å². The normalized spacial score (nSPS) is 11.3. The zero-order valence-corrected chi connectivity index (χ0v) is 16.9. The second kappa shape index (κ2) is 8.19. The molecule has 0 radical (unpaired) electrons. The molecule has 2 aromatic heterocycles. The number of nitrogens with two attached hydrogens (primary N) is 1. The van der Waals surface area contributed by atoms with Crippen molar-refractivity contribution in [3.8, 4) is 5.75 Å². The van der Waals surface area contributed by atoms with Crippen LogP contribution in [-0.2, 0) is 18.6 Å². The quantitative estimate of drug-likeness (QED) is 0.276. The van der Waals surface area contributed by atoms with E-state index in [1.807, 2.05) is 13.0 Å². The molecule has 0 fully saturated rings. The van der Waals surface area contributed by atoms with Crippen molar-refractivity contribution in [2.24, 2.45) is 0 Å². The molecule has 0 amide bonds. The monoisotopic (exact) mass is 426 g/mol. The van der Waals surface area contributed by atoms with Gasteiger partial charge in [0.1, 0.15) is 17.1 Å². The van der Waals surface area contributed by atoms with Crippen molar-refractivity contribution in [2.75, 3.05) is 5.84 Å². The number of thioether (sulfide) groups is 1. The lowest BCUT2D eigenvalue weighted by molar-refractivity contribution is 0.466. The molecule has 0 unspecified atom stereocenters. The number of halogens is 1. The molecule has 0 aliphatic carbocycles. The van der Waals surface area contributed by atoms with Gasteiger partial charge in [-0.1, -0.05) is 36.9 Å². The lowest BCUT2D eigenvalue weighted by Crippen LogP contribution is -2.14. The first-order chi connectivity index (χ1) is 14.5. The Morgan fingerprint density at radius 2 is 1.97 bits per heavy atom. The fourth-order valence-corrected chi connectivity index (χ4v) is 4.06. The largest absolute Gasteiger partial charge is 0.508 e. The van der Waals surface area contributed by atoms with E-state index in [0.29, 0.717) is 34.3 Å². The first-order valence-corrected chi connectivity index (χ1v) is 10.3. The van der Waals surface area contributed by atoms with Gasteiger partial charge in [-0.25, -0.2) is 13.9 Å². The second-order valence-electron chi connectivity index (χ2n) is 6.75. The Balaban J connectivity index is 1.60. The molecule has 0 saturated heterocycles. The summed E-state index contributed by atoms with van der Waals surface area (Å²) in [5.74, 6) is 6.70. The van der Waals surface area contributed by atoms with Crippen molar-refractivity contribution in [3.63, 3.8) is 0 Å². The van der Waals surface area contributed by atoms with Gasteiger partial charge in [0.2, 0.25) is 5.16 Å². The van der Waals surface area contributed by atoms with Crippen LogP contribution < -0.4 is 11.5 Å². The van der Waals surface area contributed by atoms with E-state index in [-0.39, 0.29) is 18.0 Å². The molecule has 2 heterocycles. The SMILES string of the molecule is CCc1cc2c(CSc3nnc(Cc4ccccc4F)n3N)cc(=O)oc2cc1O. The number of hydrogen-bond donors (Lipinski definition) is 2. The predicted octanol–water partition coefficient (Wildman–Crippen LogP) is 3.39. The average molecular weight is 426 g/mol. The summed E-state index contributed by atoms with van der Waals surface area (Å²) in [7, 11) is 0. The minimum absolute atomic E-state index is 0.0949. The number of fused-ring (bicyclic) bond motifs is 1. The molecular formula is C21H19FN4O3S. The van der Waals surface area contributed by atoms with Crippen molar-refractivity contribution in [2.45, 2.75) is 30.7 Å². The van der Waals surface area contributed by atoms with Crippen LogP contribution in [0.15, 0.2) is 56.8 Å². The summed E-state index contributed by atoms with van der Waals surface area (Å²) >= 11 is 1.30. The molecule has 0 saturated carbocycles. The minimum atomic E-state index is -0.504. The number of aromatic nitrogens is 3. The Morgan fingerprint density at radius 1 is 1.17 bits per heavy atom. The van der Waals surface area contributed by atoms with Crippen LogP contribution in [-0.4, -0.2) is 20.0 Å². The molecular weight excluding hydrogens is 407 g/mol. The number of phenolic OH excluding ortho intramolecular Hbond substituents is 1. The third kappa shape index (κ3) is 3.88. The molecule has 2 aromatic carbocycles. The average Bonchev–Trinajstić information content (AvgIpc) is 3.06. The van der Waals surface area contributed by atoms with E-state index < -0.39 is 5.63 Å². The Morgan fingerprint density at radius 3 is 2.73 bits per heavy atom. The summed E-state index contributed by atoms with van der Waals surface area (Å²) in [5.41, 5.74) is 1.79. The van der Waals surface area contributed by atoms with Gasteiger partial charge < -0.3 is 15.4 Å². The van der Waals surface area contributed by atoms with Crippen LogP contribution in [0.4, 0.5) is 4.39 Å². The fourth-order valence-electron chi connectivity index (χ4n) is 3.19. The smallest absolute Gasteiger partial charge is 0.336 e. The first-order valence-electron chi connectivity index (χ1n) is 9.30. The van der Waals surface area contributed by atoms with Crippen LogP contribution in [0.3, 0.4) is 0 Å². The Bertz CT molecular complexity index is 1290. The standard InChI is InChI=1S/C21H19FN4O3S/c1-2-12-7-15-14(9-20(28)29-18(15)10-17(12)27)11-30-21-25-24-19(26(21)23)8-13-5-3-4-6-16(13)22/h3-7,9-10,27H,2,8,11,23H2,1H3. The highest BCUT2D eigenvalue weighted by atomic mass is 32.2. The third-order valence-electron chi connectivity index (χ3n) is 4.81. The summed E-state index contributed by atoms with van der Waals surface area (Å²) in [6, 6.07) is 11.1. The Hall–Kier alpha value is -3.33. The highest BCUT2D eigenvalue weighted by Gasteiger charge is 2.15. The van der Waals surface area contributed by atoms with E-state index in [4.69, 9.17) is 10.3 Å². The van der Waals surface area contributed by atoms with Crippen LogP contribution in [0.1, 0.15) is 29.4 Å². The van der Waals surface area contributed by atoms with Crippen LogP contribution in [0, 0.1) is 5.82 Å². The van der Waals surface area contributed by atoms with Gasteiger partial charge in [0.15, 0.2) is 5.82 Å². The fraction of sp³-hybridized carbons (Fsp3) is 0.190. The van der Waals surface area contributed by atoms with Crippen molar-refractivity contribution in [1.29, 1.82) is 0 Å². The van der Waals surface area contributed by atoms with Crippen molar-refractivity contribution in [1.82, 2.24) is 14.9 Å². The van der Waals surface area contributed by atoms with Crippen molar-refractivity contribution >= 4 is 22.7 Å². The zero-order chi connectivity index (χ0) is 21.3. The number of nitrogen functional groups attached to an aromatic ring is 1. The molecule has 0 bridgehead atoms. The van der Waals surface area contributed by atoms with Gasteiger partial charge in [0.25, 0.3) is 0 Å². The summed E-state index contributed by atoms with van der Waals surface area (Å²) < 4.78 is 20.4. The molecule has 4 rings (SSSR count). The minimum Gasteiger partial charge on any atom is -0.508 e. The topological polar surface area (TPSA) is 107 Å². The Kier molecular flexibility index (Phi) is 5.45. The van der Waals surface area contributed by atoms with Crippen LogP contribution in [0.2, 0.25) is 0 Å². The molecule has 0 aliphatic heterocycles. The number of aryl methyl sites for hydroxylation is 1. The second-order valence-corrected chi connectivity index (χ2v) is 7.69. The predicted molar refractivity (Wildman–Crippen MR) is 112 cm³/mol. The van der Waals surface area contributed by atoms with E-state index in [0.717, 1.165) is 16.5 Å². The summed E-state index contributed by atoms with van der Waals surface area (Å²) in [6.07, 6.45) is 0.859. The Labute approximate surface area is 175 Å². The number of phenols is 1. The van der Waals surface area contributed by atoms with E-state index in [9.17, 15) is 14.3 Å². The molecule has 3 N–H and O–H groups in total. The maximum Gasteiger partial charge on any atom is 0.336 e. The van der Waals surface area contributed by atoms with E-state index in [1.54, 1.807) is 18.2 Å². The molecule has 7 nitrogen and oxygen atoms in total. The summed E-state index contributed by atoms with van der Waals surface area (Å²) in [6.45, 7) is 1.93. The molecule has 0 atom stereocenters. The number of benzene rings is 2. The molecule has 0 aliphatic rings. The molecule has 4 aromatic rings. The van der Waals surface area contributed by atoms with E-state index in [1.165, 1.54) is 34.6 Å². The van der Waals surface area contributed by atoms with E-state index in [2.05, 4.69) is 10.2 Å². The van der Waals surface area contributed by atoms with Crippen LogP contribution in [0.5, 0.6) is 5.75 Å². The molecule has 154 valence electrons. The van der Waals surface area contributed by atoms with Gasteiger partial charge in [0.05, 0.1) is 0 Å². The molecule has 30 heavy (non-hydrogen) atoms. The molecule has 0 spiro atoms. The van der Waals surface area contributed by atoms with Crippen molar-refractivity contribution in [3.05, 3.63) is 81.2 Å². The summed E-state index contributed by atoms with van der Waals surface area (Å²) in [4.78, 5) is 11.9. The number of hydrogen-bond acceptors (Lipinski definition) is 7. The van der Waals surface area contributed by atoms with Gasteiger partial charge >= 0.3 is 5.63 Å². The van der Waals surface area contributed by atoms with Gasteiger partial charge in [0, 0.05) is 29.7 Å². The molecule has 9 heteroatoms. The van der Waals surface area contributed by atoms with Gasteiger partial charge in [-0.05, 0) is 35.2 Å².